The Labute approximate surface area is 152 Å². The molecule has 0 aliphatic rings. The number of aryl methyl sites for hydroxylation is 1. The number of nitrogens with zero attached hydrogens (tertiary/aromatic N) is 1. The third-order valence-electron chi connectivity index (χ3n) is 3.47. The van der Waals surface area contributed by atoms with E-state index < -0.39 is 0 Å². The molecule has 0 saturated heterocycles. The molecule has 1 N–H and O–H groups in total. The van der Waals surface area contributed by atoms with Crippen LogP contribution in [-0.2, 0) is 11.3 Å². The Morgan fingerprint density at radius 3 is 2.88 bits per heavy atom. The molecule has 1 amide bonds. The van der Waals surface area contributed by atoms with Crippen LogP contribution < -0.4 is 10.1 Å². The molecule has 0 bridgehead atoms. The van der Waals surface area contributed by atoms with Crippen LogP contribution in [0.25, 0.3) is 0 Å². The maximum atomic E-state index is 11.9. The van der Waals surface area contributed by atoms with Gasteiger partial charge in [-0.2, -0.15) is 0 Å². The highest BCUT2D eigenvalue weighted by Crippen LogP contribution is 2.22. The Hall–Kier alpha value is -1.59. The second-order valence-electron chi connectivity index (χ2n) is 5.97. The number of nitrogens with one attached hydrogen (secondary N) is 1. The van der Waals surface area contributed by atoms with E-state index in [9.17, 15) is 4.79 Å². The molecule has 130 valence electrons. The number of carbonyl (C=O) groups is 1. The quantitative estimate of drug-likeness (QED) is 0.688. The lowest BCUT2D eigenvalue weighted by molar-refractivity contribution is -0.121. The molecule has 0 atom stereocenters. The average molecular weight is 367 g/mol. The number of rotatable bonds is 8. The van der Waals surface area contributed by atoms with Crippen molar-refractivity contribution < 1.29 is 9.53 Å². The van der Waals surface area contributed by atoms with Crippen LogP contribution in [0, 0.1) is 6.92 Å². The van der Waals surface area contributed by atoms with Crippen LogP contribution in [0.5, 0.6) is 5.75 Å². The van der Waals surface area contributed by atoms with Crippen LogP contribution in [0.4, 0.5) is 0 Å². The molecule has 0 fully saturated rings. The monoisotopic (exact) mass is 366 g/mol. The zero-order chi connectivity index (χ0) is 17.5. The van der Waals surface area contributed by atoms with Gasteiger partial charge >= 0.3 is 0 Å². The fraction of sp³-hybridized carbons (Fsp3) is 0.444. The molecular formula is C18H23ClN2O2S. The maximum Gasteiger partial charge on any atom is 0.220 e. The number of hydrogen-bond donors (Lipinski definition) is 1. The second-order valence-corrected chi connectivity index (χ2v) is 7.30. The van der Waals surface area contributed by atoms with Crippen LogP contribution in [0.3, 0.4) is 0 Å². The minimum Gasteiger partial charge on any atom is -0.493 e. The Morgan fingerprint density at radius 1 is 1.42 bits per heavy atom. The van der Waals surface area contributed by atoms with Crippen LogP contribution in [0.15, 0.2) is 23.6 Å². The van der Waals surface area contributed by atoms with Crippen molar-refractivity contribution in [2.24, 2.45) is 0 Å². The predicted molar refractivity (Wildman–Crippen MR) is 99.0 cm³/mol. The first kappa shape index (κ1) is 18.7. The van der Waals surface area contributed by atoms with Crippen LogP contribution in [0.1, 0.15) is 48.9 Å². The fourth-order valence-electron chi connectivity index (χ4n) is 2.14. The molecular weight excluding hydrogens is 344 g/mol. The van der Waals surface area contributed by atoms with Crippen molar-refractivity contribution in [2.45, 2.75) is 46.1 Å². The molecule has 2 aromatic rings. The van der Waals surface area contributed by atoms with E-state index in [1.807, 2.05) is 24.4 Å². The summed E-state index contributed by atoms with van der Waals surface area (Å²) in [5.41, 5.74) is 1.92. The van der Waals surface area contributed by atoms with Gasteiger partial charge in [-0.25, -0.2) is 4.98 Å². The van der Waals surface area contributed by atoms with Gasteiger partial charge in [0.1, 0.15) is 5.75 Å². The summed E-state index contributed by atoms with van der Waals surface area (Å²) in [6.45, 7) is 7.17. The van der Waals surface area contributed by atoms with E-state index in [-0.39, 0.29) is 5.91 Å². The van der Waals surface area contributed by atoms with Gasteiger partial charge in [-0.3, -0.25) is 4.79 Å². The highest BCUT2D eigenvalue weighted by molar-refractivity contribution is 7.09. The summed E-state index contributed by atoms with van der Waals surface area (Å²) < 4.78 is 5.69. The summed E-state index contributed by atoms with van der Waals surface area (Å²) >= 11 is 7.55. The highest BCUT2D eigenvalue weighted by Gasteiger charge is 2.07. The highest BCUT2D eigenvalue weighted by atomic mass is 35.5. The summed E-state index contributed by atoms with van der Waals surface area (Å²) in [4.78, 5) is 16.4. The van der Waals surface area contributed by atoms with Gasteiger partial charge in [0.15, 0.2) is 0 Å². The van der Waals surface area contributed by atoms with Crippen molar-refractivity contribution in [1.29, 1.82) is 0 Å². The predicted octanol–water partition coefficient (Wildman–Crippen LogP) is 4.70. The lowest BCUT2D eigenvalue weighted by atomic mass is 10.2. The summed E-state index contributed by atoms with van der Waals surface area (Å²) in [5.74, 6) is 1.25. The number of benzene rings is 1. The largest absolute Gasteiger partial charge is 0.493 e. The molecule has 0 aliphatic carbocycles. The first-order valence-corrected chi connectivity index (χ1v) is 9.31. The second kappa shape index (κ2) is 9.04. The number of hydrogen-bond acceptors (Lipinski definition) is 4. The molecule has 1 aromatic carbocycles. The smallest absolute Gasteiger partial charge is 0.220 e. The van der Waals surface area contributed by atoms with Crippen LogP contribution >= 0.6 is 22.9 Å². The third-order valence-corrected chi connectivity index (χ3v) is 4.90. The van der Waals surface area contributed by atoms with E-state index in [4.69, 9.17) is 16.3 Å². The van der Waals surface area contributed by atoms with E-state index in [1.165, 1.54) is 0 Å². The van der Waals surface area contributed by atoms with Gasteiger partial charge in [0.25, 0.3) is 0 Å². The number of carbonyl (C=O) groups excluding carboxylic acids is 1. The molecule has 4 nitrogen and oxygen atoms in total. The summed E-state index contributed by atoms with van der Waals surface area (Å²) in [7, 11) is 0. The average Bonchev–Trinajstić information content (AvgIpc) is 3.00. The van der Waals surface area contributed by atoms with Gasteiger partial charge in [-0.1, -0.05) is 25.4 Å². The van der Waals surface area contributed by atoms with Gasteiger partial charge in [0.2, 0.25) is 5.91 Å². The Morgan fingerprint density at radius 2 is 2.21 bits per heavy atom. The Kier molecular flexibility index (Phi) is 7.06. The topological polar surface area (TPSA) is 51.2 Å². The third kappa shape index (κ3) is 5.80. The first-order valence-electron chi connectivity index (χ1n) is 8.05. The van der Waals surface area contributed by atoms with Crippen LogP contribution in [0.2, 0.25) is 5.02 Å². The fourth-order valence-corrected chi connectivity index (χ4v) is 3.20. The summed E-state index contributed by atoms with van der Waals surface area (Å²) in [6, 6.07) is 5.52. The zero-order valence-electron chi connectivity index (χ0n) is 14.3. The number of halogens is 1. The van der Waals surface area contributed by atoms with Crippen molar-refractivity contribution in [3.63, 3.8) is 0 Å². The zero-order valence-corrected chi connectivity index (χ0v) is 15.8. The van der Waals surface area contributed by atoms with Crippen molar-refractivity contribution >= 4 is 28.8 Å². The van der Waals surface area contributed by atoms with E-state index >= 15 is 0 Å². The molecule has 6 heteroatoms. The summed E-state index contributed by atoms with van der Waals surface area (Å²) in [5, 5.41) is 6.70. The molecule has 2 rings (SSSR count). The van der Waals surface area contributed by atoms with E-state index in [2.05, 4.69) is 24.1 Å². The first-order chi connectivity index (χ1) is 11.5. The van der Waals surface area contributed by atoms with E-state index in [0.717, 1.165) is 22.0 Å². The molecule has 0 aliphatic heterocycles. The minimum atomic E-state index is 0.0190. The molecule has 0 spiro atoms. The lowest BCUT2D eigenvalue weighted by Crippen LogP contribution is -2.23. The minimum absolute atomic E-state index is 0.0190. The van der Waals surface area contributed by atoms with Gasteiger partial charge in [0.05, 0.1) is 23.9 Å². The molecule has 1 aromatic heterocycles. The number of ether oxygens (including phenoxy) is 1. The number of thiazole rings is 1. The number of aromatic nitrogens is 1. The lowest BCUT2D eigenvalue weighted by Gasteiger charge is -2.09. The summed E-state index contributed by atoms with van der Waals surface area (Å²) in [6.07, 6.45) is 1.11. The molecule has 1 heterocycles. The van der Waals surface area contributed by atoms with E-state index in [0.29, 0.717) is 36.9 Å². The van der Waals surface area contributed by atoms with Crippen LogP contribution in [-0.4, -0.2) is 17.5 Å². The number of amides is 1. The van der Waals surface area contributed by atoms with Gasteiger partial charge < -0.3 is 10.1 Å². The normalized spacial score (nSPS) is 10.9. The standard InChI is InChI=1S/C18H23ClN2O2S/c1-12(2)18-21-15(11-24-18)10-20-17(22)5-4-8-23-16-7-6-14(19)9-13(16)3/h6-7,9,11-12H,4-5,8,10H2,1-3H3,(H,20,22). The van der Waals surface area contributed by atoms with Gasteiger partial charge in [-0.15, -0.1) is 11.3 Å². The molecule has 24 heavy (non-hydrogen) atoms. The Bertz CT molecular complexity index is 685. The van der Waals surface area contributed by atoms with Crippen molar-refractivity contribution in [3.8, 4) is 5.75 Å². The molecule has 0 radical (unpaired) electrons. The van der Waals surface area contributed by atoms with Crippen molar-refractivity contribution in [2.75, 3.05) is 6.61 Å². The van der Waals surface area contributed by atoms with Gasteiger partial charge in [0, 0.05) is 22.7 Å². The van der Waals surface area contributed by atoms with Crippen molar-refractivity contribution in [1.82, 2.24) is 10.3 Å². The molecule has 0 saturated carbocycles. The van der Waals surface area contributed by atoms with Gasteiger partial charge in [-0.05, 0) is 37.1 Å². The Balaban J connectivity index is 1.66. The molecule has 0 unspecified atom stereocenters. The van der Waals surface area contributed by atoms with E-state index in [1.54, 1.807) is 17.4 Å². The SMILES string of the molecule is Cc1cc(Cl)ccc1OCCCC(=O)NCc1csc(C(C)C)n1. The maximum absolute atomic E-state index is 11.9. The van der Waals surface area contributed by atoms with Crippen molar-refractivity contribution in [3.05, 3.63) is 44.9 Å².